The number of benzene rings is 2. The molecule has 0 saturated carbocycles. The van der Waals surface area contributed by atoms with E-state index in [2.05, 4.69) is 11.2 Å². The molecule has 0 aromatic heterocycles. The summed E-state index contributed by atoms with van der Waals surface area (Å²) in [6.07, 6.45) is 4.36. The van der Waals surface area contributed by atoms with Crippen molar-refractivity contribution in [3.8, 4) is 12.3 Å². The van der Waals surface area contributed by atoms with E-state index in [-0.39, 0.29) is 56.9 Å². The second-order valence-electron chi connectivity index (χ2n) is 9.32. The van der Waals surface area contributed by atoms with E-state index >= 15 is 0 Å². The van der Waals surface area contributed by atoms with Crippen molar-refractivity contribution in [1.29, 1.82) is 0 Å². The first kappa shape index (κ1) is 26.7. The van der Waals surface area contributed by atoms with Gasteiger partial charge in [-0.3, -0.25) is 14.4 Å². The predicted octanol–water partition coefficient (Wildman–Crippen LogP) is 2.05. The monoisotopic (exact) mass is 517 g/mol. The molecular weight excluding hydrogens is 486 g/mol. The van der Waals surface area contributed by atoms with Gasteiger partial charge in [-0.2, -0.15) is 5.01 Å². The third-order valence-electron chi connectivity index (χ3n) is 6.93. The predicted molar refractivity (Wildman–Crippen MR) is 139 cm³/mol. The number of hydrogen-bond acceptors (Lipinski definition) is 5. The lowest BCUT2D eigenvalue weighted by Gasteiger charge is -2.55. The Bertz CT molecular complexity index is 1220. The zero-order chi connectivity index (χ0) is 27.2. The number of urea groups is 1. The maximum Gasteiger partial charge on any atom is 0.334 e. The van der Waals surface area contributed by atoms with Crippen LogP contribution in [0.4, 0.5) is 4.79 Å². The molecule has 2 aromatic rings. The Balaban J connectivity index is 1.69. The normalized spacial score (nSPS) is 20.5. The van der Waals surface area contributed by atoms with Gasteiger partial charge in [0.1, 0.15) is 12.2 Å². The minimum absolute atomic E-state index is 0.0107. The number of piperazine rings is 1. The Morgan fingerprint density at radius 3 is 2.39 bits per heavy atom. The number of carbonyl (C=O) groups excluding carboxylic acids is 3. The summed E-state index contributed by atoms with van der Waals surface area (Å²) in [4.78, 5) is 55.1. The van der Waals surface area contributed by atoms with Gasteiger partial charge in [-0.1, -0.05) is 66.6 Å². The summed E-state index contributed by atoms with van der Waals surface area (Å²) in [5.41, 5.74) is 1.78. The van der Waals surface area contributed by atoms with E-state index in [1.165, 1.54) is 14.9 Å². The van der Waals surface area contributed by atoms with Crippen LogP contribution in [0.15, 0.2) is 60.7 Å². The fourth-order valence-electron chi connectivity index (χ4n) is 5.05. The fourth-order valence-corrected chi connectivity index (χ4v) is 5.05. The molecule has 2 fully saturated rings. The maximum atomic E-state index is 13.7. The van der Waals surface area contributed by atoms with Crippen LogP contribution in [-0.2, 0) is 20.9 Å². The Morgan fingerprint density at radius 2 is 1.76 bits per heavy atom. The molecule has 198 valence electrons. The van der Waals surface area contributed by atoms with Gasteiger partial charge < -0.3 is 20.2 Å². The van der Waals surface area contributed by atoms with Crippen LogP contribution in [-0.4, -0.2) is 80.6 Å². The van der Waals surface area contributed by atoms with Crippen molar-refractivity contribution in [3.63, 3.8) is 0 Å². The molecule has 0 radical (unpaired) electrons. The zero-order valence-corrected chi connectivity index (χ0v) is 21.2. The number of carboxylic acid groups (broad SMARTS) is 1. The topological polar surface area (TPSA) is 114 Å². The minimum Gasteiger partial charge on any atom is -0.481 e. The Labute approximate surface area is 221 Å². The molecule has 3 atom stereocenters. The number of hydrogen-bond donors (Lipinski definition) is 2. The van der Waals surface area contributed by atoms with Gasteiger partial charge >= 0.3 is 12.0 Å². The summed E-state index contributed by atoms with van der Waals surface area (Å²) in [5, 5.41) is 15.2. The smallest absolute Gasteiger partial charge is 0.334 e. The molecule has 2 aliphatic rings. The first-order valence-electron chi connectivity index (χ1n) is 12.5. The molecule has 2 heterocycles. The van der Waals surface area contributed by atoms with Crippen LogP contribution in [0.3, 0.4) is 0 Å². The first-order valence-corrected chi connectivity index (χ1v) is 12.5. The van der Waals surface area contributed by atoms with Gasteiger partial charge in [-0.25, -0.2) is 9.80 Å². The van der Waals surface area contributed by atoms with Gasteiger partial charge in [0.15, 0.2) is 0 Å². The largest absolute Gasteiger partial charge is 0.481 e. The van der Waals surface area contributed by atoms with E-state index in [0.717, 1.165) is 11.1 Å². The number of carbonyl (C=O) groups is 4. The highest BCUT2D eigenvalue weighted by Crippen LogP contribution is 2.33. The van der Waals surface area contributed by atoms with Crippen LogP contribution < -0.4 is 5.32 Å². The fraction of sp³-hybridized carbons (Fsp3) is 0.357. The van der Waals surface area contributed by atoms with Crippen molar-refractivity contribution in [2.45, 2.75) is 44.6 Å². The molecule has 2 saturated heterocycles. The summed E-state index contributed by atoms with van der Waals surface area (Å²) in [7, 11) is 0. The molecule has 0 aliphatic carbocycles. The number of amides is 4. The number of aliphatic carboxylic acids is 1. The lowest BCUT2D eigenvalue weighted by Crippen LogP contribution is -2.76. The van der Waals surface area contributed by atoms with E-state index in [1.54, 1.807) is 4.90 Å². The van der Waals surface area contributed by atoms with Crippen LogP contribution in [0.2, 0.25) is 0 Å². The number of nitrogens with one attached hydrogen (secondary N) is 1. The standard InChI is InChI=1S/C28H31N5O5/c1-3-16-30-19-25(34)32-23(14-15-26(35)36)27(37)31(20(2)22-12-8-5-9-13-22)18-24(32)33(30)28(38)29-17-21-10-6-4-7-11-21/h1,4-13,20,23-24H,14-19H2,2H3,(H,29,38)(H,35,36)/t20-,23-,24-/m0/s1. The third kappa shape index (κ3) is 5.63. The lowest BCUT2D eigenvalue weighted by atomic mass is 9.98. The third-order valence-corrected chi connectivity index (χ3v) is 6.93. The van der Waals surface area contributed by atoms with Crippen molar-refractivity contribution < 1.29 is 24.3 Å². The van der Waals surface area contributed by atoms with Crippen LogP contribution >= 0.6 is 0 Å². The van der Waals surface area contributed by atoms with Gasteiger partial charge in [0.2, 0.25) is 11.8 Å². The summed E-state index contributed by atoms with van der Waals surface area (Å²) in [6.45, 7) is 1.98. The molecule has 2 aliphatic heterocycles. The number of hydrazine groups is 1. The van der Waals surface area contributed by atoms with E-state index in [1.807, 2.05) is 67.6 Å². The van der Waals surface area contributed by atoms with Gasteiger partial charge in [0.25, 0.3) is 0 Å². The average Bonchev–Trinajstić information content (AvgIpc) is 2.92. The Kier molecular flexibility index (Phi) is 8.28. The van der Waals surface area contributed by atoms with E-state index in [4.69, 9.17) is 6.42 Å². The molecule has 4 amide bonds. The number of fused-ring (bicyclic) bond motifs is 1. The maximum absolute atomic E-state index is 13.7. The minimum atomic E-state index is -1.07. The molecule has 0 unspecified atom stereocenters. The van der Waals surface area contributed by atoms with E-state index in [0.29, 0.717) is 0 Å². The van der Waals surface area contributed by atoms with Crippen molar-refractivity contribution in [1.82, 2.24) is 25.1 Å². The molecule has 0 bridgehead atoms. The summed E-state index contributed by atoms with van der Waals surface area (Å²) < 4.78 is 0. The highest BCUT2D eigenvalue weighted by atomic mass is 16.4. The lowest BCUT2D eigenvalue weighted by molar-refractivity contribution is -0.191. The van der Waals surface area contributed by atoms with Gasteiger partial charge in [-0.05, 0) is 24.5 Å². The zero-order valence-electron chi connectivity index (χ0n) is 21.2. The molecular formula is C28H31N5O5. The summed E-state index contributed by atoms with van der Waals surface area (Å²) in [6, 6.07) is 17.0. The highest BCUT2D eigenvalue weighted by Gasteiger charge is 2.52. The molecule has 2 N–H and O–H groups in total. The van der Waals surface area contributed by atoms with E-state index < -0.39 is 24.2 Å². The van der Waals surface area contributed by atoms with Crippen LogP contribution in [0.25, 0.3) is 0 Å². The van der Waals surface area contributed by atoms with Crippen LogP contribution in [0.5, 0.6) is 0 Å². The van der Waals surface area contributed by atoms with Crippen LogP contribution in [0, 0.1) is 12.3 Å². The quantitative estimate of drug-likeness (QED) is 0.519. The number of nitrogens with zero attached hydrogens (tertiary/aromatic N) is 4. The van der Waals surface area contributed by atoms with Gasteiger partial charge in [0.05, 0.1) is 25.7 Å². The molecule has 10 heteroatoms. The Hall–Kier alpha value is -4.36. The SMILES string of the molecule is C#CCN1CC(=O)N2[C@@H](CCC(=O)O)C(=O)N([C@@H](C)c3ccccc3)C[C@@H]2N1C(=O)NCc1ccccc1. The van der Waals surface area contributed by atoms with Crippen molar-refractivity contribution >= 4 is 23.8 Å². The Morgan fingerprint density at radius 1 is 1.11 bits per heavy atom. The first-order chi connectivity index (χ1) is 18.3. The second-order valence-corrected chi connectivity index (χ2v) is 9.32. The van der Waals surface area contributed by atoms with Gasteiger partial charge in [-0.15, -0.1) is 6.42 Å². The van der Waals surface area contributed by atoms with E-state index in [9.17, 15) is 24.3 Å². The summed E-state index contributed by atoms with van der Waals surface area (Å²) >= 11 is 0. The number of carboxylic acids is 1. The van der Waals surface area contributed by atoms with Crippen LogP contribution in [0.1, 0.15) is 36.9 Å². The van der Waals surface area contributed by atoms with Gasteiger partial charge in [0, 0.05) is 13.0 Å². The van der Waals surface area contributed by atoms with Crippen molar-refractivity contribution in [2.75, 3.05) is 19.6 Å². The molecule has 38 heavy (non-hydrogen) atoms. The highest BCUT2D eigenvalue weighted by molar-refractivity contribution is 5.92. The molecule has 10 nitrogen and oxygen atoms in total. The molecule has 0 spiro atoms. The summed E-state index contributed by atoms with van der Waals surface area (Å²) in [5.74, 6) is 0.710. The molecule has 4 rings (SSSR count). The number of rotatable bonds is 8. The molecule has 2 aromatic carbocycles. The van der Waals surface area contributed by atoms with Crippen molar-refractivity contribution in [3.05, 3.63) is 71.8 Å². The second kappa shape index (κ2) is 11.8. The average molecular weight is 518 g/mol. The van der Waals surface area contributed by atoms with Crippen molar-refractivity contribution in [2.24, 2.45) is 0 Å². The number of terminal acetylenes is 1.